The number of benzene rings is 1. The number of rotatable bonds is 9. The number of nitrogens with zero attached hydrogens (tertiary/aromatic N) is 1. The van der Waals surface area contributed by atoms with Crippen molar-refractivity contribution in [2.24, 2.45) is 0 Å². The number of methoxy groups -OCH3 is 1. The molecule has 0 unspecified atom stereocenters. The van der Waals surface area contributed by atoms with Crippen LogP contribution in [0.3, 0.4) is 0 Å². The van der Waals surface area contributed by atoms with Gasteiger partial charge in [0.15, 0.2) is 0 Å². The number of carbonyl (C=O) groups excluding carboxylic acids is 1. The Morgan fingerprint density at radius 2 is 2.10 bits per heavy atom. The van der Waals surface area contributed by atoms with Crippen molar-refractivity contribution in [1.29, 1.82) is 5.26 Å². The maximum atomic E-state index is 11.7. The Morgan fingerprint density at radius 3 is 2.76 bits per heavy atom. The number of nitriles is 1. The van der Waals surface area contributed by atoms with E-state index in [4.69, 9.17) is 10.00 Å². The van der Waals surface area contributed by atoms with Gasteiger partial charge in [0.05, 0.1) is 0 Å². The van der Waals surface area contributed by atoms with Crippen LogP contribution in [-0.4, -0.2) is 32.7 Å². The highest BCUT2D eigenvalue weighted by Crippen LogP contribution is 1.98. The Morgan fingerprint density at radius 1 is 1.33 bits per heavy atom. The molecule has 5 nitrogen and oxygen atoms in total. The quantitative estimate of drug-likeness (QED) is 0.409. The largest absolute Gasteiger partial charge is 0.389 e. The van der Waals surface area contributed by atoms with Gasteiger partial charge in [0.1, 0.15) is 11.6 Å². The summed E-state index contributed by atoms with van der Waals surface area (Å²) in [6.07, 6.45) is 3.03. The van der Waals surface area contributed by atoms with E-state index in [-0.39, 0.29) is 11.5 Å². The lowest BCUT2D eigenvalue weighted by atomic mass is 10.1. The first kappa shape index (κ1) is 16.7. The number of hydrogen-bond acceptors (Lipinski definition) is 4. The van der Waals surface area contributed by atoms with E-state index in [1.54, 1.807) is 7.11 Å². The summed E-state index contributed by atoms with van der Waals surface area (Å²) in [5.41, 5.74) is 1.29. The van der Waals surface area contributed by atoms with Gasteiger partial charge >= 0.3 is 0 Å². The van der Waals surface area contributed by atoms with E-state index >= 15 is 0 Å². The highest BCUT2D eigenvalue weighted by Gasteiger charge is 2.07. The van der Waals surface area contributed by atoms with E-state index in [0.717, 1.165) is 12.8 Å². The number of carbonyl (C=O) groups is 1. The van der Waals surface area contributed by atoms with Gasteiger partial charge in [-0.15, -0.1) is 0 Å². The minimum atomic E-state index is -0.360. The molecular formula is C16H21N3O2. The zero-order chi connectivity index (χ0) is 15.3. The minimum Gasteiger partial charge on any atom is -0.389 e. The van der Waals surface area contributed by atoms with Crippen LogP contribution in [-0.2, 0) is 16.0 Å². The average molecular weight is 287 g/mol. The number of ether oxygens (including phenoxy) is 1. The van der Waals surface area contributed by atoms with Crippen LogP contribution >= 0.6 is 0 Å². The molecule has 1 aromatic rings. The van der Waals surface area contributed by atoms with E-state index in [0.29, 0.717) is 19.7 Å². The lowest BCUT2D eigenvalue weighted by Crippen LogP contribution is -2.27. The van der Waals surface area contributed by atoms with Crippen molar-refractivity contribution in [3.05, 3.63) is 47.7 Å². The molecule has 0 aromatic heterocycles. The molecule has 0 fully saturated rings. The van der Waals surface area contributed by atoms with Gasteiger partial charge in [-0.2, -0.15) is 5.26 Å². The third kappa shape index (κ3) is 7.14. The number of amides is 1. The van der Waals surface area contributed by atoms with Crippen molar-refractivity contribution >= 4 is 5.91 Å². The molecule has 112 valence electrons. The highest BCUT2D eigenvalue weighted by molar-refractivity contribution is 5.97. The van der Waals surface area contributed by atoms with Crippen molar-refractivity contribution in [3.8, 4) is 6.07 Å². The maximum Gasteiger partial charge on any atom is 0.263 e. The fraction of sp³-hybridized carbons (Fsp3) is 0.375. The molecule has 0 aliphatic carbocycles. The Bertz CT molecular complexity index is 492. The molecule has 0 saturated heterocycles. The molecule has 5 heteroatoms. The Balaban J connectivity index is 2.31. The summed E-state index contributed by atoms with van der Waals surface area (Å²) < 4.78 is 4.89. The van der Waals surface area contributed by atoms with Crippen molar-refractivity contribution < 1.29 is 9.53 Å². The zero-order valence-electron chi connectivity index (χ0n) is 12.3. The molecule has 0 spiro atoms. The molecule has 1 rings (SSSR count). The van der Waals surface area contributed by atoms with Gasteiger partial charge in [-0.25, -0.2) is 0 Å². The minimum absolute atomic E-state index is 0.0838. The van der Waals surface area contributed by atoms with Crippen LogP contribution in [0, 0.1) is 11.3 Å². The molecule has 0 atom stereocenters. The molecule has 2 N–H and O–H groups in total. The molecule has 0 bridgehead atoms. The third-order valence-corrected chi connectivity index (χ3v) is 2.82. The van der Waals surface area contributed by atoms with Crippen molar-refractivity contribution in [3.63, 3.8) is 0 Å². The zero-order valence-corrected chi connectivity index (χ0v) is 12.3. The number of nitrogens with one attached hydrogen (secondary N) is 2. The lowest BCUT2D eigenvalue weighted by molar-refractivity contribution is -0.117. The smallest absolute Gasteiger partial charge is 0.263 e. The first-order valence-corrected chi connectivity index (χ1v) is 6.92. The van der Waals surface area contributed by atoms with Gasteiger partial charge in [0.25, 0.3) is 5.91 Å². The predicted molar refractivity (Wildman–Crippen MR) is 81.3 cm³/mol. The van der Waals surface area contributed by atoms with Crippen molar-refractivity contribution in [2.75, 3.05) is 26.8 Å². The van der Waals surface area contributed by atoms with Crippen LogP contribution < -0.4 is 10.6 Å². The molecule has 0 aliphatic heterocycles. The summed E-state index contributed by atoms with van der Waals surface area (Å²) in [6.45, 7) is 1.75. The molecule has 0 aliphatic rings. The maximum absolute atomic E-state index is 11.7. The molecule has 0 radical (unpaired) electrons. The predicted octanol–water partition coefficient (Wildman–Crippen LogP) is 1.38. The van der Waals surface area contributed by atoms with E-state index in [1.165, 1.54) is 11.8 Å². The Kier molecular flexibility index (Phi) is 8.34. The normalized spacial score (nSPS) is 10.8. The molecule has 0 heterocycles. The van der Waals surface area contributed by atoms with E-state index in [1.807, 2.05) is 36.4 Å². The first-order valence-electron chi connectivity index (χ1n) is 6.92. The Labute approximate surface area is 125 Å². The third-order valence-electron chi connectivity index (χ3n) is 2.82. The standard InChI is InChI=1S/C16H21N3O2/c1-21-11-5-9-19-16(20)15(12-17)13-18-10-8-14-6-3-2-4-7-14/h2-4,6-7,13,18H,5,8-11H2,1H3,(H,19,20)/b15-13-. The van der Waals surface area contributed by atoms with Crippen LogP contribution in [0.1, 0.15) is 12.0 Å². The van der Waals surface area contributed by atoms with E-state index in [2.05, 4.69) is 10.6 Å². The summed E-state index contributed by atoms with van der Waals surface area (Å²) in [4.78, 5) is 11.7. The molecule has 0 saturated carbocycles. The van der Waals surface area contributed by atoms with Crippen LogP contribution in [0.2, 0.25) is 0 Å². The van der Waals surface area contributed by atoms with E-state index < -0.39 is 0 Å². The van der Waals surface area contributed by atoms with Crippen LogP contribution in [0.4, 0.5) is 0 Å². The molecular weight excluding hydrogens is 266 g/mol. The van der Waals surface area contributed by atoms with Gasteiger partial charge in [0, 0.05) is 33.0 Å². The van der Waals surface area contributed by atoms with Crippen LogP contribution in [0.5, 0.6) is 0 Å². The highest BCUT2D eigenvalue weighted by atomic mass is 16.5. The summed E-state index contributed by atoms with van der Waals surface area (Å²) in [5, 5.41) is 14.6. The van der Waals surface area contributed by atoms with Crippen molar-refractivity contribution in [1.82, 2.24) is 10.6 Å². The molecule has 1 amide bonds. The summed E-state index contributed by atoms with van der Waals surface area (Å²) in [7, 11) is 1.61. The number of hydrogen-bond donors (Lipinski definition) is 2. The molecule has 1 aromatic carbocycles. The fourth-order valence-electron chi connectivity index (χ4n) is 1.70. The lowest BCUT2D eigenvalue weighted by Gasteiger charge is -2.05. The van der Waals surface area contributed by atoms with Gasteiger partial charge in [-0.05, 0) is 18.4 Å². The summed E-state index contributed by atoms with van der Waals surface area (Å²) in [5.74, 6) is -0.360. The van der Waals surface area contributed by atoms with Crippen LogP contribution in [0.15, 0.2) is 42.1 Å². The SMILES string of the molecule is COCCCNC(=O)/C(C#N)=C\NCCc1ccccc1. The van der Waals surface area contributed by atoms with Gasteiger partial charge in [-0.3, -0.25) is 4.79 Å². The summed E-state index contributed by atoms with van der Waals surface area (Å²) in [6, 6.07) is 11.9. The second kappa shape index (κ2) is 10.5. The van der Waals surface area contributed by atoms with E-state index in [9.17, 15) is 4.79 Å². The fourth-order valence-corrected chi connectivity index (χ4v) is 1.70. The summed E-state index contributed by atoms with van der Waals surface area (Å²) >= 11 is 0. The monoisotopic (exact) mass is 287 g/mol. The van der Waals surface area contributed by atoms with Crippen LogP contribution in [0.25, 0.3) is 0 Å². The van der Waals surface area contributed by atoms with Gasteiger partial charge in [0.2, 0.25) is 0 Å². The first-order chi connectivity index (χ1) is 10.3. The van der Waals surface area contributed by atoms with Gasteiger partial charge < -0.3 is 15.4 Å². The van der Waals surface area contributed by atoms with Gasteiger partial charge in [-0.1, -0.05) is 30.3 Å². The topological polar surface area (TPSA) is 74.1 Å². The Hall–Kier alpha value is -2.32. The second-order valence-electron chi connectivity index (χ2n) is 4.46. The average Bonchev–Trinajstić information content (AvgIpc) is 2.52. The second-order valence-corrected chi connectivity index (χ2v) is 4.46. The molecule has 21 heavy (non-hydrogen) atoms. The van der Waals surface area contributed by atoms with Crippen molar-refractivity contribution in [2.45, 2.75) is 12.8 Å².